The molecule has 6 nitrogen and oxygen atoms in total. The maximum atomic E-state index is 12.4. The topological polar surface area (TPSA) is 82.3 Å². The van der Waals surface area contributed by atoms with Crippen molar-refractivity contribution >= 4 is 41.4 Å². The predicted octanol–water partition coefficient (Wildman–Crippen LogP) is 4.72. The molecule has 29 heavy (non-hydrogen) atoms. The summed E-state index contributed by atoms with van der Waals surface area (Å²) in [5.41, 5.74) is 2.02. The molecule has 7 heteroatoms. The molecule has 0 radical (unpaired) electrons. The molecular weight excluding hydrogens is 388 g/mol. The molecule has 0 saturated carbocycles. The van der Waals surface area contributed by atoms with E-state index in [1.165, 1.54) is 0 Å². The van der Waals surface area contributed by atoms with Crippen molar-refractivity contribution in [2.45, 2.75) is 26.2 Å². The summed E-state index contributed by atoms with van der Waals surface area (Å²) in [6, 6.07) is 16.1. The largest absolute Gasteiger partial charge is 0.326 e. The molecule has 156 valence electrons. The van der Waals surface area contributed by atoms with Crippen LogP contribution in [0.2, 0.25) is 0 Å². The third kappa shape index (κ3) is 7.40. The molecule has 0 spiro atoms. The zero-order chi connectivity index (χ0) is 19.8. The van der Waals surface area contributed by atoms with E-state index in [1.807, 2.05) is 42.5 Å². The lowest BCUT2D eigenvalue weighted by molar-refractivity contribution is -0.117. The first-order valence-corrected chi connectivity index (χ1v) is 9.84. The van der Waals surface area contributed by atoms with Gasteiger partial charge in [-0.2, -0.15) is 0 Å². The summed E-state index contributed by atoms with van der Waals surface area (Å²) in [6.07, 6.45) is 2.77. The minimum atomic E-state index is -0.325. The Morgan fingerprint density at radius 2 is 1.52 bits per heavy atom. The molecule has 1 atom stereocenters. The number of amides is 3. The average Bonchev–Trinajstić information content (AvgIpc) is 2.69. The van der Waals surface area contributed by atoms with Gasteiger partial charge in [0.05, 0.1) is 0 Å². The standard InChI is InChI=1S/C22H28N4O2.ClH/c1-16(17-10-12-23-13-11-17)14-21(27)24-19-8-5-9-20(15-19)26-22(28)25-18-6-3-2-4-7-18;/h2-9,15-17,23H,10-14H2,1H3,(H,24,27)(H2,25,26,28);1H. The van der Waals surface area contributed by atoms with E-state index in [0.29, 0.717) is 29.6 Å². The highest BCUT2D eigenvalue weighted by molar-refractivity contribution is 6.00. The zero-order valence-electron chi connectivity index (χ0n) is 16.6. The third-order valence-corrected chi connectivity index (χ3v) is 5.13. The van der Waals surface area contributed by atoms with Crippen molar-refractivity contribution in [3.63, 3.8) is 0 Å². The van der Waals surface area contributed by atoms with Gasteiger partial charge in [-0.05, 0) is 68.1 Å². The SMILES string of the molecule is CC(CC(=O)Nc1cccc(NC(=O)Nc2ccccc2)c1)C1CCNCC1.Cl. The van der Waals surface area contributed by atoms with Crippen LogP contribution >= 0.6 is 12.4 Å². The van der Waals surface area contributed by atoms with Gasteiger partial charge in [-0.25, -0.2) is 4.79 Å². The van der Waals surface area contributed by atoms with Gasteiger partial charge in [0.2, 0.25) is 5.91 Å². The Hall–Kier alpha value is -2.57. The van der Waals surface area contributed by atoms with Gasteiger partial charge in [-0.1, -0.05) is 31.2 Å². The molecule has 1 aliphatic heterocycles. The lowest BCUT2D eigenvalue weighted by Gasteiger charge is -2.27. The highest BCUT2D eigenvalue weighted by Crippen LogP contribution is 2.25. The molecule has 0 bridgehead atoms. The normalized spacial score (nSPS) is 14.9. The Morgan fingerprint density at radius 3 is 2.21 bits per heavy atom. The van der Waals surface area contributed by atoms with Crippen LogP contribution in [0.15, 0.2) is 54.6 Å². The fourth-order valence-corrected chi connectivity index (χ4v) is 3.57. The Balaban J connectivity index is 0.00000300. The minimum absolute atomic E-state index is 0. The van der Waals surface area contributed by atoms with Crippen LogP contribution in [0.3, 0.4) is 0 Å². The van der Waals surface area contributed by atoms with Crippen molar-refractivity contribution in [3.8, 4) is 0 Å². The van der Waals surface area contributed by atoms with Crippen LogP contribution in [0.4, 0.5) is 21.9 Å². The van der Waals surface area contributed by atoms with E-state index in [2.05, 4.69) is 28.2 Å². The third-order valence-electron chi connectivity index (χ3n) is 5.13. The van der Waals surface area contributed by atoms with Crippen LogP contribution in [-0.2, 0) is 4.79 Å². The Bertz CT molecular complexity index is 794. The number of anilines is 3. The van der Waals surface area contributed by atoms with Crippen molar-refractivity contribution in [2.75, 3.05) is 29.0 Å². The van der Waals surface area contributed by atoms with Crippen LogP contribution in [0.5, 0.6) is 0 Å². The van der Waals surface area contributed by atoms with Crippen molar-refractivity contribution < 1.29 is 9.59 Å². The van der Waals surface area contributed by atoms with E-state index in [1.54, 1.807) is 12.1 Å². The molecule has 1 heterocycles. The molecule has 1 saturated heterocycles. The summed E-state index contributed by atoms with van der Waals surface area (Å²) in [5, 5.41) is 11.9. The number of piperidine rings is 1. The van der Waals surface area contributed by atoms with Gasteiger partial charge in [0.25, 0.3) is 0 Å². The highest BCUT2D eigenvalue weighted by Gasteiger charge is 2.22. The first-order chi connectivity index (χ1) is 13.6. The number of carbonyl (C=O) groups is 2. The highest BCUT2D eigenvalue weighted by atomic mass is 35.5. The summed E-state index contributed by atoms with van der Waals surface area (Å²) >= 11 is 0. The number of hydrogen-bond donors (Lipinski definition) is 4. The molecule has 3 amide bonds. The van der Waals surface area contributed by atoms with Gasteiger partial charge in [0, 0.05) is 23.5 Å². The summed E-state index contributed by atoms with van der Waals surface area (Å²) in [5.74, 6) is 0.971. The Kier molecular flexibility index (Phi) is 8.96. The van der Waals surface area contributed by atoms with E-state index < -0.39 is 0 Å². The molecule has 1 fully saturated rings. The van der Waals surface area contributed by atoms with Gasteiger partial charge in [0.15, 0.2) is 0 Å². The molecule has 0 aliphatic carbocycles. The second-order valence-corrected chi connectivity index (χ2v) is 7.34. The van der Waals surface area contributed by atoms with Gasteiger partial charge in [0.1, 0.15) is 0 Å². The number of carbonyl (C=O) groups excluding carboxylic acids is 2. The van der Waals surface area contributed by atoms with Gasteiger partial charge in [-0.15, -0.1) is 12.4 Å². The van der Waals surface area contributed by atoms with Crippen molar-refractivity contribution in [1.29, 1.82) is 0 Å². The first kappa shape index (κ1) is 22.7. The number of rotatable bonds is 6. The van der Waals surface area contributed by atoms with Gasteiger partial charge < -0.3 is 21.3 Å². The Labute approximate surface area is 178 Å². The lowest BCUT2D eigenvalue weighted by atomic mass is 9.84. The summed E-state index contributed by atoms with van der Waals surface area (Å²) in [6.45, 7) is 4.23. The van der Waals surface area contributed by atoms with Crippen molar-refractivity contribution in [2.24, 2.45) is 11.8 Å². The maximum Gasteiger partial charge on any atom is 0.323 e. The molecule has 0 aromatic heterocycles. The van der Waals surface area contributed by atoms with E-state index in [0.717, 1.165) is 31.6 Å². The quantitative estimate of drug-likeness (QED) is 0.550. The van der Waals surface area contributed by atoms with Crippen molar-refractivity contribution in [1.82, 2.24) is 5.32 Å². The minimum Gasteiger partial charge on any atom is -0.326 e. The molecular formula is C22H29ClN4O2. The van der Waals surface area contributed by atoms with E-state index >= 15 is 0 Å². The molecule has 1 unspecified atom stereocenters. The molecule has 3 rings (SSSR count). The monoisotopic (exact) mass is 416 g/mol. The van der Waals surface area contributed by atoms with Gasteiger partial charge >= 0.3 is 6.03 Å². The van der Waals surface area contributed by atoms with Crippen LogP contribution in [0.1, 0.15) is 26.2 Å². The van der Waals surface area contributed by atoms with Crippen LogP contribution in [0.25, 0.3) is 0 Å². The summed E-state index contributed by atoms with van der Waals surface area (Å²) < 4.78 is 0. The smallest absolute Gasteiger partial charge is 0.323 e. The number of hydrogen-bond acceptors (Lipinski definition) is 3. The van der Waals surface area contributed by atoms with Gasteiger partial charge in [-0.3, -0.25) is 4.79 Å². The summed E-state index contributed by atoms with van der Waals surface area (Å²) in [7, 11) is 0. The van der Waals surface area contributed by atoms with E-state index in [4.69, 9.17) is 0 Å². The molecule has 2 aromatic carbocycles. The predicted molar refractivity (Wildman–Crippen MR) is 121 cm³/mol. The van der Waals surface area contributed by atoms with Crippen LogP contribution in [0, 0.1) is 11.8 Å². The zero-order valence-corrected chi connectivity index (χ0v) is 17.4. The average molecular weight is 417 g/mol. The first-order valence-electron chi connectivity index (χ1n) is 9.84. The number of benzene rings is 2. The molecule has 4 N–H and O–H groups in total. The van der Waals surface area contributed by atoms with Crippen LogP contribution < -0.4 is 21.3 Å². The fourth-order valence-electron chi connectivity index (χ4n) is 3.57. The molecule has 2 aromatic rings. The Morgan fingerprint density at radius 1 is 0.931 bits per heavy atom. The fraction of sp³-hybridized carbons (Fsp3) is 0.364. The number of urea groups is 1. The van der Waals surface area contributed by atoms with Crippen LogP contribution in [-0.4, -0.2) is 25.0 Å². The second-order valence-electron chi connectivity index (χ2n) is 7.34. The molecule has 1 aliphatic rings. The maximum absolute atomic E-state index is 12.4. The number of nitrogens with one attached hydrogen (secondary N) is 4. The van der Waals surface area contributed by atoms with E-state index in [-0.39, 0.29) is 24.3 Å². The van der Waals surface area contributed by atoms with Crippen molar-refractivity contribution in [3.05, 3.63) is 54.6 Å². The number of halogens is 1. The van der Waals surface area contributed by atoms with E-state index in [9.17, 15) is 9.59 Å². The lowest BCUT2D eigenvalue weighted by Crippen LogP contribution is -2.32. The summed E-state index contributed by atoms with van der Waals surface area (Å²) in [4.78, 5) is 24.5. The number of para-hydroxylation sites is 1. The second kappa shape index (κ2) is 11.4.